The smallest absolute Gasteiger partial charge is 0.147 e. The third-order valence-electron chi connectivity index (χ3n) is 5.78. The molecule has 0 spiro atoms. The lowest BCUT2D eigenvalue weighted by Crippen LogP contribution is -2.07. The Labute approximate surface area is 189 Å². The number of aromatic nitrogens is 3. The fourth-order valence-corrected chi connectivity index (χ4v) is 5.22. The fraction of sp³-hybridized carbons (Fsp3) is 0.200. The molecule has 5 nitrogen and oxygen atoms in total. The van der Waals surface area contributed by atoms with Gasteiger partial charge in [0.15, 0.2) is 0 Å². The highest BCUT2D eigenvalue weighted by Gasteiger charge is 2.15. The summed E-state index contributed by atoms with van der Waals surface area (Å²) in [7, 11) is 1.66. The van der Waals surface area contributed by atoms with E-state index in [1.165, 1.54) is 6.07 Å². The molecule has 2 aromatic carbocycles. The van der Waals surface area contributed by atoms with Crippen LogP contribution in [0.3, 0.4) is 0 Å². The summed E-state index contributed by atoms with van der Waals surface area (Å²) in [5, 5.41) is 4.45. The maximum atomic E-state index is 14.2. The lowest BCUT2D eigenvalue weighted by atomic mass is 10.0. The van der Waals surface area contributed by atoms with Crippen LogP contribution in [0.4, 0.5) is 10.2 Å². The van der Waals surface area contributed by atoms with Crippen molar-refractivity contribution in [3.63, 3.8) is 0 Å². The van der Waals surface area contributed by atoms with E-state index >= 15 is 0 Å². The molecule has 5 rings (SSSR count). The monoisotopic (exact) mass is 446 g/mol. The number of rotatable bonds is 6. The maximum absolute atomic E-state index is 14.2. The van der Waals surface area contributed by atoms with Gasteiger partial charge in [0.25, 0.3) is 0 Å². The lowest BCUT2D eigenvalue weighted by Gasteiger charge is -2.08. The first kappa shape index (κ1) is 20.5. The van der Waals surface area contributed by atoms with Gasteiger partial charge < -0.3 is 15.0 Å². The molecule has 0 radical (unpaired) electrons. The molecule has 7 heteroatoms. The molecule has 0 aliphatic rings. The molecule has 0 atom stereocenters. The molecule has 0 saturated heterocycles. The first-order valence-corrected chi connectivity index (χ1v) is 11.3. The molecule has 0 fully saturated rings. The van der Waals surface area contributed by atoms with Crippen LogP contribution < -0.4 is 10.1 Å². The summed E-state index contributed by atoms with van der Waals surface area (Å²) >= 11 is 1.66. The standard InChI is InChI=1S/C25H23FN4OS/c1-14-4-9-19(26)23-22(14)18(15(2)30-23)10-11-27-25-24-20(28-13-29-25)12-21(32-24)16-5-7-17(31-3)8-6-16/h4-9,12-13,30H,10-11H2,1-3H3,(H,27,28,29). The Morgan fingerprint density at radius 3 is 2.69 bits per heavy atom. The van der Waals surface area contributed by atoms with Crippen LogP contribution in [-0.4, -0.2) is 28.6 Å². The fourth-order valence-electron chi connectivity index (χ4n) is 4.14. The summed E-state index contributed by atoms with van der Waals surface area (Å²) in [5.74, 6) is 1.44. The number of aromatic amines is 1. The Morgan fingerprint density at radius 2 is 1.91 bits per heavy atom. The van der Waals surface area contributed by atoms with Gasteiger partial charge in [0.1, 0.15) is 23.7 Å². The predicted molar refractivity (Wildman–Crippen MR) is 129 cm³/mol. The first-order valence-electron chi connectivity index (χ1n) is 10.4. The molecule has 3 heterocycles. The van der Waals surface area contributed by atoms with Gasteiger partial charge in [-0.05, 0) is 73.4 Å². The molecule has 0 aliphatic heterocycles. The van der Waals surface area contributed by atoms with Crippen molar-refractivity contribution in [3.05, 3.63) is 71.4 Å². The average Bonchev–Trinajstić information content (AvgIpc) is 3.39. The highest BCUT2D eigenvalue weighted by molar-refractivity contribution is 7.22. The van der Waals surface area contributed by atoms with E-state index in [-0.39, 0.29) is 5.82 Å². The van der Waals surface area contributed by atoms with Crippen molar-refractivity contribution in [1.82, 2.24) is 15.0 Å². The van der Waals surface area contributed by atoms with Crippen molar-refractivity contribution in [2.75, 3.05) is 19.0 Å². The molecule has 2 N–H and O–H groups in total. The van der Waals surface area contributed by atoms with Crippen LogP contribution in [0, 0.1) is 19.7 Å². The van der Waals surface area contributed by atoms with E-state index in [1.807, 2.05) is 44.2 Å². The summed E-state index contributed by atoms with van der Waals surface area (Å²) in [6.45, 7) is 4.70. The number of fused-ring (bicyclic) bond motifs is 2. The van der Waals surface area contributed by atoms with E-state index in [9.17, 15) is 4.39 Å². The second-order valence-corrected chi connectivity index (χ2v) is 8.85. The number of H-pyrrole nitrogens is 1. The van der Waals surface area contributed by atoms with Crippen LogP contribution in [0.15, 0.2) is 48.8 Å². The van der Waals surface area contributed by atoms with Crippen molar-refractivity contribution in [2.45, 2.75) is 20.3 Å². The van der Waals surface area contributed by atoms with Gasteiger partial charge >= 0.3 is 0 Å². The molecule has 0 amide bonds. The zero-order valence-corrected chi connectivity index (χ0v) is 18.9. The highest BCUT2D eigenvalue weighted by atomic mass is 32.1. The second-order valence-electron chi connectivity index (χ2n) is 7.80. The van der Waals surface area contributed by atoms with Gasteiger partial charge in [-0.15, -0.1) is 11.3 Å². The van der Waals surface area contributed by atoms with Crippen LogP contribution in [-0.2, 0) is 6.42 Å². The van der Waals surface area contributed by atoms with Gasteiger partial charge in [0, 0.05) is 22.5 Å². The Balaban J connectivity index is 1.39. The third kappa shape index (κ3) is 3.58. The van der Waals surface area contributed by atoms with Gasteiger partial charge in [-0.2, -0.15) is 0 Å². The quantitative estimate of drug-likeness (QED) is 0.323. The highest BCUT2D eigenvalue weighted by Crippen LogP contribution is 2.36. The predicted octanol–water partition coefficient (Wildman–Crippen LogP) is 6.26. The maximum Gasteiger partial charge on any atom is 0.147 e. The zero-order valence-electron chi connectivity index (χ0n) is 18.1. The summed E-state index contributed by atoms with van der Waals surface area (Å²) in [5.41, 5.74) is 5.84. The molecular formula is C25H23FN4OS. The Hall–Kier alpha value is -3.45. The SMILES string of the molecule is COc1ccc(-c2cc3ncnc(NCCc4c(C)[nH]c5c(F)ccc(C)c45)c3s2)cc1. The minimum absolute atomic E-state index is 0.213. The zero-order chi connectivity index (χ0) is 22.2. The lowest BCUT2D eigenvalue weighted by molar-refractivity contribution is 0.415. The number of hydrogen-bond donors (Lipinski definition) is 2. The van der Waals surface area contributed by atoms with Gasteiger partial charge in [-0.3, -0.25) is 0 Å². The molecule has 162 valence electrons. The number of halogens is 1. The van der Waals surface area contributed by atoms with E-state index in [0.29, 0.717) is 12.1 Å². The van der Waals surface area contributed by atoms with Gasteiger partial charge in [0.05, 0.1) is 22.8 Å². The van der Waals surface area contributed by atoms with Crippen LogP contribution in [0.2, 0.25) is 0 Å². The summed E-state index contributed by atoms with van der Waals surface area (Å²) < 4.78 is 20.5. The molecule has 0 unspecified atom stereocenters. The first-order chi connectivity index (χ1) is 15.5. The van der Waals surface area contributed by atoms with Crippen LogP contribution >= 0.6 is 11.3 Å². The number of nitrogens with one attached hydrogen (secondary N) is 2. The minimum Gasteiger partial charge on any atom is -0.497 e. The van der Waals surface area contributed by atoms with E-state index in [1.54, 1.807) is 24.8 Å². The van der Waals surface area contributed by atoms with Gasteiger partial charge in [-0.1, -0.05) is 6.07 Å². The number of thiophene rings is 1. The molecule has 0 aliphatic carbocycles. The molecule has 0 bridgehead atoms. The van der Waals surface area contributed by atoms with Crippen molar-refractivity contribution in [2.24, 2.45) is 0 Å². The minimum atomic E-state index is -0.213. The van der Waals surface area contributed by atoms with E-state index in [0.717, 1.165) is 60.9 Å². The van der Waals surface area contributed by atoms with E-state index in [2.05, 4.69) is 26.3 Å². The largest absolute Gasteiger partial charge is 0.497 e. The number of methoxy groups -OCH3 is 1. The Kier molecular flexibility index (Phi) is 5.27. The van der Waals surface area contributed by atoms with Crippen LogP contribution in [0.5, 0.6) is 5.75 Å². The van der Waals surface area contributed by atoms with Crippen LogP contribution in [0.25, 0.3) is 31.6 Å². The average molecular weight is 447 g/mol. The number of nitrogens with zero attached hydrogens (tertiary/aromatic N) is 2. The Bertz CT molecular complexity index is 1420. The third-order valence-corrected chi connectivity index (χ3v) is 6.96. The normalized spacial score (nSPS) is 11.4. The van der Waals surface area contributed by atoms with Gasteiger partial charge in [-0.25, -0.2) is 14.4 Å². The number of hydrogen-bond acceptors (Lipinski definition) is 5. The van der Waals surface area contributed by atoms with Gasteiger partial charge in [0.2, 0.25) is 0 Å². The second kappa shape index (κ2) is 8.24. The number of benzene rings is 2. The molecule has 0 saturated carbocycles. The van der Waals surface area contributed by atoms with Crippen molar-refractivity contribution >= 4 is 38.3 Å². The summed E-state index contributed by atoms with van der Waals surface area (Å²) in [6.07, 6.45) is 2.35. The van der Waals surface area contributed by atoms with Crippen molar-refractivity contribution < 1.29 is 9.13 Å². The number of ether oxygens (including phenoxy) is 1. The van der Waals surface area contributed by atoms with Crippen LogP contribution in [0.1, 0.15) is 16.8 Å². The molecule has 5 aromatic rings. The number of aryl methyl sites for hydroxylation is 2. The Morgan fingerprint density at radius 1 is 1.09 bits per heavy atom. The molecular weight excluding hydrogens is 423 g/mol. The summed E-state index contributed by atoms with van der Waals surface area (Å²) in [4.78, 5) is 13.3. The van der Waals surface area contributed by atoms with E-state index in [4.69, 9.17) is 4.74 Å². The molecule has 3 aromatic heterocycles. The number of anilines is 1. The van der Waals surface area contributed by atoms with Crippen molar-refractivity contribution in [3.8, 4) is 16.2 Å². The summed E-state index contributed by atoms with van der Waals surface area (Å²) in [6, 6.07) is 13.5. The van der Waals surface area contributed by atoms with Crippen molar-refractivity contribution in [1.29, 1.82) is 0 Å². The molecule has 32 heavy (non-hydrogen) atoms. The van der Waals surface area contributed by atoms with E-state index < -0.39 is 0 Å². The topological polar surface area (TPSA) is 62.8 Å².